The highest BCUT2D eigenvalue weighted by atomic mass is 32.2. The van der Waals surface area contributed by atoms with Gasteiger partial charge in [0.2, 0.25) is 0 Å². The summed E-state index contributed by atoms with van der Waals surface area (Å²) in [5.74, 6) is -0.265. The Morgan fingerprint density at radius 1 is 1.21 bits per heavy atom. The van der Waals surface area contributed by atoms with Gasteiger partial charge in [-0.25, -0.2) is 8.78 Å². The molecule has 0 amide bonds. The fourth-order valence-corrected chi connectivity index (χ4v) is 3.30. The van der Waals surface area contributed by atoms with Gasteiger partial charge in [-0.15, -0.1) is 23.1 Å². The summed E-state index contributed by atoms with van der Waals surface area (Å²) >= 11 is 3.17. The number of rotatable bonds is 6. The first kappa shape index (κ1) is 14.5. The van der Waals surface area contributed by atoms with Crippen molar-refractivity contribution in [3.63, 3.8) is 0 Å². The third-order valence-electron chi connectivity index (χ3n) is 2.53. The van der Waals surface area contributed by atoms with Crippen LogP contribution in [-0.4, -0.2) is 12.3 Å². The van der Waals surface area contributed by atoms with Crippen LogP contribution in [0.15, 0.2) is 35.2 Å². The molecule has 0 atom stereocenters. The van der Waals surface area contributed by atoms with Gasteiger partial charge in [0.25, 0.3) is 0 Å². The average Bonchev–Trinajstić information content (AvgIpc) is 2.77. The lowest BCUT2D eigenvalue weighted by molar-refractivity contribution is 0.565. The second-order valence-electron chi connectivity index (χ2n) is 4.11. The van der Waals surface area contributed by atoms with Crippen molar-refractivity contribution < 1.29 is 8.78 Å². The smallest absolute Gasteiger partial charge is 0.139 e. The minimum Gasteiger partial charge on any atom is -0.311 e. The number of halogens is 2. The molecule has 5 heteroatoms. The van der Waals surface area contributed by atoms with E-state index < -0.39 is 11.6 Å². The standard InChI is InChI=1S/C14H15F2NS2/c1-10-2-4-12(19-10)9-17-6-7-18-14-5-3-11(15)8-13(14)16/h2-5,8,17H,6-7,9H2,1H3. The molecule has 0 bridgehead atoms. The summed E-state index contributed by atoms with van der Waals surface area (Å²) in [6.07, 6.45) is 0. The van der Waals surface area contributed by atoms with Gasteiger partial charge >= 0.3 is 0 Å². The van der Waals surface area contributed by atoms with Gasteiger partial charge in [0.05, 0.1) is 0 Å². The molecule has 2 aromatic rings. The Morgan fingerprint density at radius 3 is 2.74 bits per heavy atom. The van der Waals surface area contributed by atoms with Gasteiger partial charge in [-0.2, -0.15) is 0 Å². The molecule has 102 valence electrons. The molecular formula is C14H15F2NS2. The lowest BCUT2D eigenvalue weighted by Gasteiger charge is -2.04. The van der Waals surface area contributed by atoms with Crippen LogP contribution in [-0.2, 0) is 6.54 Å². The Hall–Kier alpha value is -0.910. The van der Waals surface area contributed by atoms with Crippen molar-refractivity contribution >= 4 is 23.1 Å². The maximum atomic E-state index is 13.3. The monoisotopic (exact) mass is 299 g/mol. The third-order valence-corrected chi connectivity index (χ3v) is 4.58. The molecule has 0 aliphatic rings. The van der Waals surface area contributed by atoms with E-state index in [0.29, 0.717) is 4.90 Å². The predicted molar refractivity (Wildman–Crippen MR) is 77.8 cm³/mol. The van der Waals surface area contributed by atoms with Crippen LogP contribution in [0.3, 0.4) is 0 Å². The minimum absolute atomic E-state index is 0.487. The maximum absolute atomic E-state index is 13.3. The molecule has 1 N–H and O–H groups in total. The molecule has 1 aromatic heterocycles. The summed E-state index contributed by atoms with van der Waals surface area (Å²) in [5.41, 5.74) is 0. The van der Waals surface area contributed by atoms with Crippen LogP contribution in [0.5, 0.6) is 0 Å². The van der Waals surface area contributed by atoms with Crippen LogP contribution in [0, 0.1) is 18.6 Å². The van der Waals surface area contributed by atoms with E-state index in [1.54, 1.807) is 11.3 Å². The molecule has 1 aromatic carbocycles. The number of nitrogens with one attached hydrogen (secondary N) is 1. The van der Waals surface area contributed by atoms with Crippen molar-refractivity contribution in [1.29, 1.82) is 0 Å². The van der Waals surface area contributed by atoms with Crippen molar-refractivity contribution in [3.8, 4) is 0 Å². The van der Waals surface area contributed by atoms with Crippen molar-refractivity contribution in [1.82, 2.24) is 5.32 Å². The van der Waals surface area contributed by atoms with Crippen molar-refractivity contribution in [2.45, 2.75) is 18.4 Å². The van der Waals surface area contributed by atoms with Crippen LogP contribution < -0.4 is 5.32 Å². The topological polar surface area (TPSA) is 12.0 Å². The Balaban J connectivity index is 1.69. The fraction of sp³-hybridized carbons (Fsp3) is 0.286. The van der Waals surface area contributed by atoms with E-state index in [1.165, 1.54) is 33.6 Å². The molecule has 1 nitrogen and oxygen atoms in total. The van der Waals surface area contributed by atoms with Gasteiger partial charge in [-0.05, 0) is 31.2 Å². The summed E-state index contributed by atoms with van der Waals surface area (Å²) < 4.78 is 26.1. The van der Waals surface area contributed by atoms with Gasteiger partial charge in [0.1, 0.15) is 11.6 Å². The van der Waals surface area contributed by atoms with E-state index in [0.717, 1.165) is 24.9 Å². The van der Waals surface area contributed by atoms with Crippen LogP contribution >= 0.6 is 23.1 Å². The number of aryl methyl sites for hydroxylation is 1. The summed E-state index contributed by atoms with van der Waals surface area (Å²) in [6.45, 7) is 3.71. The van der Waals surface area contributed by atoms with E-state index in [2.05, 4.69) is 24.4 Å². The van der Waals surface area contributed by atoms with Crippen LogP contribution in [0.25, 0.3) is 0 Å². The highest BCUT2D eigenvalue weighted by molar-refractivity contribution is 7.99. The Labute approximate surface area is 120 Å². The Morgan fingerprint density at radius 2 is 2.05 bits per heavy atom. The van der Waals surface area contributed by atoms with Gasteiger partial charge in [0, 0.05) is 39.6 Å². The normalized spacial score (nSPS) is 10.9. The number of hydrogen-bond acceptors (Lipinski definition) is 3. The molecule has 0 aliphatic carbocycles. The fourth-order valence-electron chi connectivity index (χ4n) is 1.62. The van der Waals surface area contributed by atoms with Gasteiger partial charge < -0.3 is 5.32 Å². The van der Waals surface area contributed by atoms with Crippen LogP contribution in [0.4, 0.5) is 8.78 Å². The highest BCUT2D eigenvalue weighted by Crippen LogP contribution is 2.21. The molecule has 0 saturated heterocycles. The molecule has 0 fully saturated rings. The van der Waals surface area contributed by atoms with E-state index >= 15 is 0 Å². The lowest BCUT2D eigenvalue weighted by Crippen LogP contribution is -2.15. The molecular weight excluding hydrogens is 284 g/mol. The lowest BCUT2D eigenvalue weighted by atomic mass is 10.3. The number of thioether (sulfide) groups is 1. The molecule has 0 unspecified atom stereocenters. The molecule has 1 heterocycles. The third kappa shape index (κ3) is 4.60. The number of thiophene rings is 1. The predicted octanol–water partition coefficient (Wildman–Crippen LogP) is 4.22. The first-order chi connectivity index (χ1) is 9.15. The van der Waals surface area contributed by atoms with Gasteiger partial charge in [-0.1, -0.05) is 0 Å². The molecule has 0 spiro atoms. The van der Waals surface area contributed by atoms with E-state index in [1.807, 2.05) is 0 Å². The Kier molecular flexibility index (Phi) is 5.36. The summed E-state index contributed by atoms with van der Waals surface area (Å²) in [6, 6.07) is 7.90. The molecule has 0 saturated carbocycles. The SMILES string of the molecule is Cc1ccc(CNCCSc2ccc(F)cc2F)s1. The number of hydrogen-bond donors (Lipinski definition) is 1. The average molecular weight is 299 g/mol. The zero-order valence-electron chi connectivity index (χ0n) is 10.6. The second kappa shape index (κ2) is 7.03. The maximum Gasteiger partial charge on any atom is 0.139 e. The second-order valence-corrected chi connectivity index (χ2v) is 6.62. The summed E-state index contributed by atoms with van der Waals surface area (Å²) in [5, 5.41) is 3.31. The summed E-state index contributed by atoms with van der Waals surface area (Å²) in [7, 11) is 0. The largest absolute Gasteiger partial charge is 0.311 e. The van der Waals surface area contributed by atoms with Crippen LogP contribution in [0.1, 0.15) is 9.75 Å². The quantitative estimate of drug-likeness (QED) is 0.633. The zero-order valence-corrected chi connectivity index (χ0v) is 12.2. The van der Waals surface area contributed by atoms with Crippen molar-refractivity contribution in [2.24, 2.45) is 0 Å². The van der Waals surface area contributed by atoms with E-state index in [9.17, 15) is 8.78 Å². The molecule has 0 aliphatic heterocycles. The van der Waals surface area contributed by atoms with Gasteiger partial charge in [0.15, 0.2) is 0 Å². The molecule has 2 rings (SSSR count). The van der Waals surface area contributed by atoms with Crippen LogP contribution in [0.2, 0.25) is 0 Å². The van der Waals surface area contributed by atoms with Crippen molar-refractivity contribution in [3.05, 3.63) is 51.7 Å². The van der Waals surface area contributed by atoms with Crippen molar-refractivity contribution in [2.75, 3.05) is 12.3 Å². The van der Waals surface area contributed by atoms with E-state index in [-0.39, 0.29) is 0 Å². The zero-order chi connectivity index (χ0) is 13.7. The highest BCUT2D eigenvalue weighted by Gasteiger charge is 2.04. The minimum atomic E-state index is -0.534. The Bertz CT molecular complexity index is 540. The molecule has 0 radical (unpaired) electrons. The number of benzene rings is 1. The van der Waals surface area contributed by atoms with E-state index in [4.69, 9.17) is 0 Å². The summed E-state index contributed by atoms with van der Waals surface area (Å²) in [4.78, 5) is 3.10. The first-order valence-electron chi connectivity index (χ1n) is 5.99. The molecule has 19 heavy (non-hydrogen) atoms. The van der Waals surface area contributed by atoms with Gasteiger partial charge in [-0.3, -0.25) is 0 Å². The first-order valence-corrected chi connectivity index (χ1v) is 7.79.